The fourth-order valence-electron chi connectivity index (χ4n) is 2.60. The van der Waals surface area contributed by atoms with Gasteiger partial charge in [0, 0.05) is 20.5 Å². The van der Waals surface area contributed by atoms with E-state index in [1.54, 1.807) is 12.1 Å². The number of aryl methyl sites for hydroxylation is 3. The highest BCUT2D eigenvalue weighted by Crippen LogP contribution is 2.32. The maximum atomic E-state index is 12.3. The van der Waals surface area contributed by atoms with E-state index in [2.05, 4.69) is 63.6 Å². The van der Waals surface area contributed by atoms with Crippen molar-refractivity contribution < 1.29 is 4.79 Å². The summed E-state index contributed by atoms with van der Waals surface area (Å²) in [5, 5.41) is 6.59. The van der Waals surface area contributed by atoms with Gasteiger partial charge in [0.1, 0.15) is 0 Å². The molecule has 0 aliphatic rings. The molecule has 4 nitrogen and oxygen atoms in total. The van der Waals surface area contributed by atoms with E-state index in [4.69, 9.17) is 12.2 Å². The number of halogens is 1. The van der Waals surface area contributed by atoms with Gasteiger partial charge in [-0.25, -0.2) is 4.98 Å². The highest BCUT2D eigenvalue weighted by atomic mass is 79.9. The van der Waals surface area contributed by atoms with E-state index in [1.165, 1.54) is 22.5 Å². The van der Waals surface area contributed by atoms with Crippen molar-refractivity contribution >= 4 is 55.6 Å². The molecule has 0 unspecified atom stereocenters. The van der Waals surface area contributed by atoms with Crippen LogP contribution in [0.2, 0.25) is 0 Å². The Hall–Kier alpha value is -2.09. The molecule has 7 heteroatoms. The Balaban J connectivity index is 1.73. The third-order valence-electron chi connectivity index (χ3n) is 4.00. The molecule has 0 fully saturated rings. The number of amides is 1. The number of hydrogen-bond donors (Lipinski definition) is 2. The summed E-state index contributed by atoms with van der Waals surface area (Å²) in [6.07, 6.45) is 0. The predicted octanol–water partition coefficient (Wildman–Crippen LogP) is 5.62. The van der Waals surface area contributed by atoms with Crippen molar-refractivity contribution in [2.75, 3.05) is 5.32 Å². The zero-order valence-corrected chi connectivity index (χ0v) is 18.3. The Morgan fingerprint density at radius 1 is 1.11 bits per heavy atom. The molecule has 2 N–H and O–H groups in total. The lowest BCUT2D eigenvalue weighted by atomic mass is 10.0. The topological polar surface area (TPSA) is 54.0 Å². The van der Waals surface area contributed by atoms with E-state index >= 15 is 0 Å². The third-order valence-corrected chi connectivity index (χ3v) is 5.62. The van der Waals surface area contributed by atoms with Crippen LogP contribution < -0.4 is 10.6 Å². The van der Waals surface area contributed by atoms with Gasteiger partial charge in [-0.15, -0.1) is 11.3 Å². The van der Waals surface area contributed by atoms with Crippen molar-refractivity contribution in [3.05, 3.63) is 68.5 Å². The molecule has 0 radical (unpaired) electrons. The number of benzene rings is 2. The molecule has 0 aliphatic carbocycles. The van der Waals surface area contributed by atoms with Gasteiger partial charge in [-0.3, -0.25) is 10.1 Å². The molecule has 0 saturated carbocycles. The standard InChI is InChI=1S/C20H18BrN3OS2/c1-11-4-5-12(2)16(10-11)17-13(3)27-20(22-17)24-19(26)23-18(25)14-6-8-15(21)9-7-14/h4-10H,1-3H3,(H2,22,23,24,25,26). The Morgan fingerprint density at radius 3 is 2.52 bits per heavy atom. The zero-order chi connectivity index (χ0) is 19.6. The molecule has 1 aromatic heterocycles. The van der Waals surface area contributed by atoms with E-state index < -0.39 is 0 Å². The maximum absolute atomic E-state index is 12.3. The fraction of sp³-hybridized carbons (Fsp3) is 0.150. The summed E-state index contributed by atoms with van der Waals surface area (Å²) in [7, 11) is 0. The zero-order valence-electron chi connectivity index (χ0n) is 15.1. The number of anilines is 1. The first-order valence-electron chi connectivity index (χ1n) is 8.26. The van der Waals surface area contributed by atoms with E-state index in [0.29, 0.717) is 10.7 Å². The molecular weight excluding hydrogens is 442 g/mol. The number of rotatable bonds is 3. The molecule has 0 spiro atoms. The molecule has 0 atom stereocenters. The molecule has 2 aromatic carbocycles. The summed E-state index contributed by atoms with van der Waals surface area (Å²) < 4.78 is 0.914. The summed E-state index contributed by atoms with van der Waals surface area (Å²) in [4.78, 5) is 18.0. The minimum Gasteiger partial charge on any atom is -0.308 e. The Labute approximate surface area is 176 Å². The monoisotopic (exact) mass is 459 g/mol. The molecule has 1 heterocycles. The molecule has 138 valence electrons. The van der Waals surface area contributed by atoms with Crippen molar-refractivity contribution in [1.82, 2.24) is 10.3 Å². The van der Waals surface area contributed by atoms with Crippen LogP contribution in [0.3, 0.4) is 0 Å². The van der Waals surface area contributed by atoms with Crippen LogP contribution in [-0.4, -0.2) is 16.0 Å². The molecule has 0 aliphatic heterocycles. The van der Waals surface area contributed by atoms with Gasteiger partial charge < -0.3 is 5.32 Å². The Morgan fingerprint density at radius 2 is 1.81 bits per heavy atom. The molecule has 0 saturated heterocycles. The van der Waals surface area contributed by atoms with Gasteiger partial charge in [0.25, 0.3) is 5.91 Å². The normalized spacial score (nSPS) is 10.5. The lowest BCUT2D eigenvalue weighted by Crippen LogP contribution is -2.34. The second-order valence-electron chi connectivity index (χ2n) is 6.16. The smallest absolute Gasteiger partial charge is 0.257 e. The van der Waals surface area contributed by atoms with Crippen molar-refractivity contribution in [2.24, 2.45) is 0 Å². The number of nitrogens with one attached hydrogen (secondary N) is 2. The minimum atomic E-state index is -0.261. The quantitative estimate of drug-likeness (QED) is 0.498. The number of hydrogen-bond acceptors (Lipinski definition) is 4. The van der Waals surface area contributed by atoms with Crippen LogP contribution in [0.1, 0.15) is 26.4 Å². The van der Waals surface area contributed by atoms with E-state index in [-0.39, 0.29) is 11.0 Å². The summed E-state index contributed by atoms with van der Waals surface area (Å²) in [6, 6.07) is 13.4. The molecule has 3 aromatic rings. The summed E-state index contributed by atoms with van der Waals surface area (Å²) in [6.45, 7) is 6.17. The average Bonchev–Trinajstić information content (AvgIpc) is 2.97. The second-order valence-corrected chi connectivity index (χ2v) is 8.68. The van der Waals surface area contributed by atoms with Gasteiger partial charge in [0.15, 0.2) is 10.2 Å². The van der Waals surface area contributed by atoms with Crippen molar-refractivity contribution in [3.63, 3.8) is 0 Å². The minimum absolute atomic E-state index is 0.226. The van der Waals surface area contributed by atoms with Crippen LogP contribution in [0.25, 0.3) is 11.3 Å². The van der Waals surface area contributed by atoms with E-state index in [0.717, 1.165) is 20.6 Å². The van der Waals surface area contributed by atoms with Crippen LogP contribution in [0.15, 0.2) is 46.9 Å². The number of nitrogens with zero attached hydrogens (tertiary/aromatic N) is 1. The molecular formula is C20H18BrN3OS2. The summed E-state index contributed by atoms with van der Waals surface area (Å²) in [5.74, 6) is -0.261. The van der Waals surface area contributed by atoms with Crippen LogP contribution in [0.4, 0.5) is 5.13 Å². The fourth-order valence-corrected chi connectivity index (χ4v) is 3.95. The lowest BCUT2D eigenvalue weighted by molar-refractivity contribution is 0.0977. The first-order valence-corrected chi connectivity index (χ1v) is 10.3. The average molecular weight is 460 g/mol. The van der Waals surface area contributed by atoms with Crippen LogP contribution in [0, 0.1) is 20.8 Å². The van der Waals surface area contributed by atoms with Gasteiger partial charge >= 0.3 is 0 Å². The highest BCUT2D eigenvalue weighted by Gasteiger charge is 2.14. The van der Waals surface area contributed by atoms with Gasteiger partial charge in [0.05, 0.1) is 5.69 Å². The maximum Gasteiger partial charge on any atom is 0.257 e. The molecule has 3 rings (SSSR count). The van der Waals surface area contributed by atoms with Gasteiger partial charge in [-0.1, -0.05) is 33.6 Å². The lowest BCUT2D eigenvalue weighted by Gasteiger charge is -2.07. The van der Waals surface area contributed by atoms with E-state index in [9.17, 15) is 4.79 Å². The van der Waals surface area contributed by atoms with E-state index in [1.807, 2.05) is 19.1 Å². The second kappa shape index (κ2) is 8.29. The number of thiocarbonyl (C=S) groups is 1. The van der Waals surface area contributed by atoms with Crippen LogP contribution in [-0.2, 0) is 0 Å². The van der Waals surface area contributed by atoms with Crippen molar-refractivity contribution in [1.29, 1.82) is 0 Å². The molecule has 27 heavy (non-hydrogen) atoms. The molecule has 1 amide bonds. The van der Waals surface area contributed by atoms with Crippen LogP contribution >= 0.6 is 39.5 Å². The molecule has 0 bridgehead atoms. The Bertz CT molecular complexity index is 1010. The van der Waals surface area contributed by atoms with Crippen LogP contribution in [0.5, 0.6) is 0 Å². The SMILES string of the molecule is Cc1ccc(C)c(-c2nc(NC(=S)NC(=O)c3ccc(Br)cc3)sc2C)c1. The Kier molecular flexibility index (Phi) is 6.04. The van der Waals surface area contributed by atoms with Gasteiger partial charge in [-0.05, 0) is 68.9 Å². The highest BCUT2D eigenvalue weighted by molar-refractivity contribution is 9.10. The predicted molar refractivity (Wildman–Crippen MR) is 120 cm³/mol. The number of carbonyl (C=O) groups excluding carboxylic acids is 1. The van der Waals surface area contributed by atoms with Crippen molar-refractivity contribution in [3.8, 4) is 11.3 Å². The van der Waals surface area contributed by atoms with Gasteiger partial charge in [-0.2, -0.15) is 0 Å². The largest absolute Gasteiger partial charge is 0.308 e. The first-order chi connectivity index (χ1) is 12.8. The number of thiazole rings is 1. The first kappa shape index (κ1) is 19.7. The third kappa shape index (κ3) is 4.80. The summed E-state index contributed by atoms with van der Waals surface area (Å²) in [5.41, 5.74) is 4.95. The van der Waals surface area contributed by atoms with Gasteiger partial charge in [0.2, 0.25) is 0 Å². The number of carbonyl (C=O) groups is 1. The summed E-state index contributed by atoms with van der Waals surface area (Å²) >= 11 is 10.1. The van der Waals surface area contributed by atoms with Crippen molar-refractivity contribution in [2.45, 2.75) is 20.8 Å². The number of aromatic nitrogens is 1.